The first kappa shape index (κ1) is 32.1. The van der Waals surface area contributed by atoms with Crippen molar-refractivity contribution in [3.63, 3.8) is 0 Å². The highest BCUT2D eigenvalue weighted by molar-refractivity contribution is 5.92. The van der Waals surface area contributed by atoms with Crippen LogP contribution in [0.1, 0.15) is 28.8 Å². The van der Waals surface area contributed by atoms with Gasteiger partial charge in [0, 0.05) is 39.2 Å². The van der Waals surface area contributed by atoms with Gasteiger partial charge in [0.15, 0.2) is 17.5 Å². The van der Waals surface area contributed by atoms with Gasteiger partial charge in [-0.05, 0) is 58.7 Å². The highest BCUT2D eigenvalue weighted by Gasteiger charge is 2.41. The maximum absolute atomic E-state index is 7.16. The number of para-hydroxylation sites is 2. The van der Waals surface area contributed by atoms with Gasteiger partial charge in [-0.1, -0.05) is 158 Å². The molecule has 2 aromatic heterocycles. The zero-order valence-corrected chi connectivity index (χ0v) is 30.3. The summed E-state index contributed by atoms with van der Waals surface area (Å²) in [6, 6.07) is 63.3. The minimum Gasteiger partial charge on any atom is -0.484 e. The normalized spacial score (nSPS) is 15.2. The second-order valence-corrected chi connectivity index (χ2v) is 14.3. The highest BCUT2D eigenvalue weighted by Crippen LogP contribution is 2.55. The van der Waals surface area contributed by atoms with E-state index in [1.54, 1.807) is 0 Å². The first-order chi connectivity index (χ1) is 27.8. The van der Waals surface area contributed by atoms with E-state index in [2.05, 4.69) is 162 Å². The van der Waals surface area contributed by atoms with Crippen LogP contribution in [0.4, 0.5) is 0 Å². The van der Waals surface area contributed by atoms with Crippen molar-refractivity contribution >= 4 is 17.0 Å². The van der Waals surface area contributed by atoms with Crippen molar-refractivity contribution in [1.82, 2.24) is 19.5 Å². The molecule has 1 aliphatic carbocycles. The molecule has 2 unspecified atom stereocenters. The second kappa shape index (κ2) is 13.2. The molecule has 0 radical (unpaired) electrons. The van der Waals surface area contributed by atoms with Gasteiger partial charge in [0.1, 0.15) is 11.9 Å². The summed E-state index contributed by atoms with van der Waals surface area (Å²) in [5.41, 5.74) is 13.1. The molecule has 0 saturated carbocycles. The lowest BCUT2D eigenvalue weighted by Gasteiger charge is -2.22. The summed E-state index contributed by atoms with van der Waals surface area (Å²) in [6.45, 7) is 0. The summed E-state index contributed by atoms with van der Waals surface area (Å²) in [6.07, 6.45) is 4.37. The van der Waals surface area contributed by atoms with E-state index >= 15 is 0 Å². The Hall–Kier alpha value is -7.37. The molecule has 3 heterocycles. The molecule has 56 heavy (non-hydrogen) atoms. The molecule has 1 aliphatic heterocycles. The fraction of sp³-hybridized carbons (Fsp3) is 0.0392. The number of rotatable bonds is 6. The van der Waals surface area contributed by atoms with Gasteiger partial charge in [0.2, 0.25) is 0 Å². The van der Waals surface area contributed by atoms with E-state index < -0.39 is 0 Å². The van der Waals surface area contributed by atoms with Crippen LogP contribution in [0.2, 0.25) is 0 Å². The number of hydrogen-bond donors (Lipinski definition) is 0. The smallest absolute Gasteiger partial charge is 0.167 e. The Labute approximate surface area is 324 Å². The molecular formula is C51H34N4O. The molecule has 5 heteroatoms. The molecule has 7 aromatic carbocycles. The molecule has 0 saturated heterocycles. The lowest BCUT2D eigenvalue weighted by Crippen LogP contribution is -2.13. The number of ether oxygens (including phenoxy) is 1. The van der Waals surface area contributed by atoms with Crippen molar-refractivity contribution in [2.45, 2.75) is 12.0 Å². The summed E-state index contributed by atoms with van der Waals surface area (Å²) < 4.78 is 9.53. The van der Waals surface area contributed by atoms with E-state index in [4.69, 9.17) is 19.7 Å². The van der Waals surface area contributed by atoms with Crippen molar-refractivity contribution < 1.29 is 4.74 Å². The largest absolute Gasteiger partial charge is 0.484 e. The molecule has 11 rings (SSSR count). The molecule has 0 amide bonds. The topological polar surface area (TPSA) is 52.8 Å². The van der Waals surface area contributed by atoms with Crippen molar-refractivity contribution in [3.8, 4) is 67.9 Å². The molecule has 9 aromatic rings. The van der Waals surface area contributed by atoms with Crippen LogP contribution in [0.5, 0.6) is 5.75 Å². The minimum atomic E-state index is -0.210. The van der Waals surface area contributed by atoms with Gasteiger partial charge in [0.25, 0.3) is 0 Å². The Morgan fingerprint density at radius 1 is 0.464 bits per heavy atom. The predicted molar refractivity (Wildman–Crippen MR) is 225 cm³/mol. The van der Waals surface area contributed by atoms with Crippen LogP contribution < -0.4 is 4.74 Å². The summed E-state index contributed by atoms with van der Waals surface area (Å²) in [7, 11) is 0. The Morgan fingerprint density at radius 2 is 1.04 bits per heavy atom. The lowest BCUT2D eigenvalue weighted by molar-refractivity contribution is 0.225. The van der Waals surface area contributed by atoms with E-state index in [1.807, 2.05) is 36.4 Å². The summed E-state index contributed by atoms with van der Waals surface area (Å²) >= 11 is 0. The van der Waals surface area contributed by atoms with Crippen LogP contribution in [0.25, 0.3) is 79.1 Å². The summed E-state index contributed by atoms with van der Waals surface area (Å²) in [4.78, 5) is 15.3. The zero-order chi connectivity index (χ0) is 37.0. The van der Waals surface area contributed by atoms with Gasteiger partial charge in [-0.3, -0.25) is 0 Å². The minimum absolute atomic E-state index is 0.0367. The first-order valence-corrected chi connectivity index (χ1v) is 19.0. The third kappa shape index (κ3) is 5.36. The standard InChI is InChI=1S/C51H34N4O/c1-4-14-33(15-5-1)35-26-28-39(29-27-35)55-44-25-11-10-22-42(44)46-45(55)31-30-41-40-23-13-24-43(47(40)56-48(41)46)51-53-49(36-18-8-3-9-19-36)52-50(54-51)38-21-12-20-37(32-38)34-16-6-2-7-17-34/h1-32,41,48H. The number of nitrogens with zero attached hydrogens (tertiary/aromatic N) is 4. The summed E-state index contributed by atoms with van der Waals surface area (Å²) in [5.74, 6) is 2.67. The fourth-order valence-electron chi connectivity index (χ4n) is 8.40. The third-order valence-electron chi connectivity index (χ3n) is 11.0. The Balaban J connectivity index is 1.02. The third-order valence-corrected chi connectivity index (χ3v) is 11.0. The molecule has 2 aliphatic rings. The highest BCUT2D eigenvalue weighted by atomic mass is 16.5. The van der Waals surface area contributed by atoms with Gasteiger partial charge in [0.05, 0.1) is 16.8 Å². The maximum atomic E-state index is 7.16. The van der Waals surface area contributed by atoms with E-state index in [0.29, 0.717) is 17.5 Å². The van der Waals surface area contributed by atoms with Crippen molar-refractivity contribution in [2.24, 2.45) is 0 Å². The Morgan fingerprint density at radius 3 is 1.79 bits per heavy atom. The number of aromatic nitrogens is 4. The average Bonchev–Trinajstić information content (AvgIpc) is 3.83. The van der Waals surface area contributed by atoms with E-state index in [1.165, 1.54) is 22.1 Å². The van der Waals surface area contributed by atoms with Gasteiger partial charge in [-0.15, -0.1) is 0 Å². The van der Waals surface area contributed by atoms with E-state index in [-0.39, 0.29) is 12.0 Å². The lowest BCUT2D eigenvalue weighted by atomic mass is 9.85. The van der Waals surface area contributed by atoms with Crippen LogP contribution in [0.15, 0.2) is 188 Å². The SMILES string of the molecule is C1=CC2c3cccc(-c4nc(-c5ccccc5)nc(-c5cccc(-c6ccccc6)c5)n4)c3OC2c2c1n(-c1ccc(-c3ccccc3)cc1)c1ccccc21. The van der Waals surface area contributed by atoms with Gasteiger partial charge in [-0.2, -0.15) is 0 Å². The molecule has 264 valence electrons. The predicted octanol–water partition coefficient (Wildman–Crippen LogP) is 12.4. The quantitative estimate of drug-likeness (QED) is 0.172. The number of fused-ring (bicyclic) bond motifs is 7. The first-order valence-electron chi connectivity index (χ1n) is 19.0. The number of benzene rings is 7. The number of hydrogen-bond acceptors (Lipinski definition) is 4. The Kier molecular flexibility index (Phi) is 7.56. The van der Waals surface area contributed by atoms with Crippen LogP contribution in [0, 0.1) is 0 Å². The molecule has 0 N–H and O–H groups in total. The monoisotopic (exact) mass is 718 g/mol. The van der Waals surface area contributed by atoms with Gasteiger partial charge < -0.3 is 9.30 Å². The van der Waals surface area contributed by atoms with Crippen LogP contribution in [0.3, 0.4) is 0 Å². The molecular weight excluding hydrogens is 685 g/mol. The van der Waals surface area contributed by atoms with Gasteiger partial charge >= 0.3 is 0 Å². The second-order valence-electron chi connectivity index (χ2n) is 14.3. The van der Waals surface area contributed by atoms with Crippen molar-refractivity contribution in [3.05, 3.63) is 205 Å². The maximum Gasteiger partial charge on any atom is 0.167 e. The zero-order valence-electron chi connectivity index (χ0n) is 30.3. The van der Waals surface area contributed by atoms with Crippen LogP contribution in [-0.2, 0) is 0 Å². The van der Waals surface area contributed by atoms with Crippen LogP contribution >= 0.6 is 0 Å². The van der Waals surface area contributed by atoms with E-state index in [9.17, 15) is 0 Å². The average molecular weight is 719 g/mol. The molecule has 0 fully saturated rings. The Bertz CT molecular complexity index is 2940. The fourth-order valence-corrected chi connectivity index (χ4v) is 8.40. The van der Waals surface area contributed by atoms with Gasteiger partial charge in [-0.25, -0.2) is 15.0 Å². The molecule has 0 bridgehead atoms. The van der Waals surface area contributed by atoms with Crippen molar-refractivity contribution in [2.75, 3.05) is 0 Å². The molecule has 5 nitrogen and oxygen atoms in total. The summed E-state index contributed by atoms with van der Waals surface area (Å²) in [5, 5.41) is 1.19. The molecule has 0 spiro atoms. The van der Waals surface area contributed by atoms with Crippen molar-refractivity contribution in [1.29, 1.82) is 0 Å². The van der Waals surface area contributed by atoms with Crippen LogP contribution in [-0.4, -0.2) is 19.5 Å². The molecule has 2 atom stereocenters. The van der Waals surface area contributed by atoms with E-state index in [0.717, 1.165) is 56.0 Å².